The number of aromatic nitrogens is 3. The third-order valence-electron chi connectivity index (χ3n) is 5.67. The molecule has 178 valence electrons. The fraction of sp³-hybridized carbons (Fsp3) is 0.280. The van der Waals surface area contributed by atoms with Crippen LogP contribution in [0.4, 0.5) is 8.78 Å². The van der Waals surface area contributed by atoms with Crippen LogP contribution in [-0.2, 0) is 19.4 Å². The van der Waals surface area contributed by atoms with Gasteiger partial charge in [0.2, 0.25) is 0 Å². The molecule has 0 radical (unpaired) electrons. The Bertz CT molecular complexity index is 1220. The molecule has 0 aliphatic carbocycles. The Balaban J connectivity index is 1.46. The molecule has 7 nitrogen and oxygen atoms in total. The van der Waals surface area contributed by atoms with E-state index in [0.29, 0.717) is 17.8 Å². The Morgan fingerprint density at radius 3 is 2.62 bits per heavy atom. The largest absolute Gasteiger partial charge is 0.390 e. The highest BCUT2D eigenvalue weighted by atomic mass is 19.1. The predicted octanol–water partition coefficient (Wildman–Crippen LogP) is 2.99. The number of imidazole rings is 1. The fourth-order valence-corrected chi connectivity index (χ4v) is 3.90. The summed E-state index contributed by atoms with van der Waals surface area (Å²) in [7, 11) is 0. The number of fused-ring (bicyclic) bond motifs is 1. The number of carbonyl (C=O) groups is 1. The van der Waals surface area contributed by atoms with Crippen LogP contribution in [0.3, 0.4) is 0 Å². The molecule has 9 heteroatoms. The first kappa shape index (κ1) is 23.6. The molecule has 0 saturated carbocycles. The van der Waals surface area contributed by atoms with Crippen molar-refractivity contribution in [2.75, 3.05) is 6.54 Å². The number of H-pyrrole nitrogens is 1. The molecule has 0 aliphatic rings. The molecule has 0 fully saturated rings. The van der Waals surface area contributed by atoms with E-state index in [4.69, 9.17) is 0 Å². The van der Waals surface area contributed by atoms with Crippen molar-refractivity contribution in [3.8, 4) is 0 Å². The fourth-order valence-electron chi connectivity index (χ4n) is 3.90. The molecule has 34 heavy (non-hydrogen) atoms. The van der Waals surface area contributed by atoms with E-state index >= 15 is 0 Å². The second kappa shape index (κ2) is 10.6. The number of hydrogen-bond donors (Lipinski definition) is 4. The molecule has 1 amide bonds. The topological polar surface area (TPSA) is 94.4 Å². The van der Waals surface area contributed by atoms with Crippen molar-refractivity contribution in [3.05, 3.63) is 94.9 Å². The van der Waals surface area contributed by atoms with Crippen molar-refractivity contribution in [1.82, 2.24) is 25.2 Å². The molecule has 0 aliphatic heterocycles. The Kier molecular flexibility index (Phi) is 7.34. The summed E-state index contributed by atoms with van der Waals surface area (Å²) in [6.07, 6.45) is 3.24. The lowest BCUT2D eigenvalue weighted by molar-refractivity contribution is 0.0825. The van der Waals surface area contributed by atoms with E-state index in [1.807, 2.05) is 12.1 Å². The number of halogens is 2. The van der Waals surface area contributed by atoms with Crippen molar-refractivity contribution in [1.29, 1.82) is 0 Å². The van der Waals surface area contributed by atoms with Gasteiger partial charge in [0.15, 0.2) is 5.65 Å². The van der Waals surface area contributed by atoms with Crippen LogP contribution in [0, 0.1) is 11.6 Å². The standard InChI is InChI=1S/C25H27F2N5O2/c1-2-16-4-3-5-17(8-16)14-28-15-23(33)21(11-18-9-19(26)12-20(27)10-18)30-25(34)22-13-24-29-6-7-32(24)31-22/h3-10,12-13,21,23,28,31,33H,2,11,14-15H2,1H3,(H,30,34)/t21-,23+/m0/s1. The molecule has 2 aromatic heterocycles. The Hall–Kier alpha value is -3.56. The number of nitrogens with one attached hydrogen (secondary N) is 3. The molecule has 4 rings (SSSR count). The van der Waals surface area contributed by atoms with E-state index in [-0.39, 0.29) is 18.7 Å². The molecule has 4 N–H and O–H groups in total. The summed E-state index contributed by atoms with van der Waals surface area (Å²) >= 11 is 0. The number of carbonyl (C=O) groups excluding carboxylic acids is 1. The van der Waals surface area contributed by atoms with Crippen molar-refractivity contribution >= 4 is 11.6 Å². The van der Waals surface area contributed by atoms with E-state index in [1.165, 1.54) is 17.7 Å². The summed E-state index contributed by atoms with van der Waals surface area (Å²) in [6.45, 7) is 2.79. The summed E-state index contributed by atoms with van der Waals surface area (Å²) in [4.78, 5) is 17.0. The van der Waals surface area contributed by atoms with Gasteiger partial charge in [0, 0.05) is 37.6 Å². The molecule has 4 aromatic rings. The van der Waals surface area contributed by atoms with Crippen LogP contribution < -0.4 is 10.6 Å². The summed E-state index contributed by atoms with van der Waals surface area (Å²) in [5.74, 6) is -1.88. The number of aliphatic hydroxyl groups is 1. The van der Waals surface area contributed by atoms with E-state index in [9.17, 15) is 18.7 Å². The second-order valence-corrected chi connectivity index (χ2v) is 8.26. The lowest BCUT2D eigenvalue weighted by Crippen LogP contribution is -2.48. The van der Waals surface area contributed by atoms with Crippen LogP contribution in [0.2, 0.25) is 0 Å². The van der Waals surface area contributed by atoms with Crippen LogP contribution in [-0.4, -0.2) is 44.3 Å². The van der Waals surface area contributed by atoms with Gasteiger partial charge in [-0.25, -0.2) is 18.3 Å². The smallest absolute Gasteiger partial charge is 0.269 e. The van der Waals surface area contributed by atoms with E-state index < -0.39 is 29.7 Å². The van der Waals surface area contributed by atoms with Gasteiger partial charge in [0.25, 0.3) is 5.91 Å². The SMILES string of the molecule is CCc1cccc(CNC[C@@H](O)[C@H](Cc2cc(F)cc(F)c2)NC(=O)c2cc3nccn3[nH]2)c1. The first-order valence-corrected chi connectivity index (χ1v) is 11.2. The van der Waals surface area contributed by atoms with Crippen molar-refractivity contribution in [3.63, 3.8) is 0 Å². The average Bonchev–Trinajstić information content (AvgIpc) is 3.40. The van der Waals surface area contributed by atoms with Gasteiger partial charge in [-0.3, -0.25) is 9.89 Å². The number of rotatable bonds is 10. The number of benzene rings is 2. The zero-order chi connectivity index (χ0) is 24.1. The van der Waals surface area contributed by atoms with Gasteiger partial charge in [-0.1, -0.05) is 31.2 Å². The lowest BCUT2D eigenvalue weighted by atomic mass is 10.00. The Morgan fingerprint density at radius 2 is 1.88 bits per heavy atom. The maximum absolute atomic E-state index is 13.7. The zero-order valence-corrected chi connectivity index (χ0v) is 18.8. The normalized spacial score (nSPS) is 13.2. The highest BCUT2D eigenvalue weighted by molar-refractivity contribution is 5.93. The summed E-state index contributed by atoms with van der Waals surface area (Å²) < 4.78 is 29.0. The van der Waals surface area contributed by atoms with E-state index in [1.54, 1.807) is 23.0 Å². The first-order chi connectivity index (χ1) is 16.4. The number of hydrogen-bond acceptors (Lipinski definition) is 4. The van der Waals surface area contributed by atoms with Gasteiger partial charge in [-0.15, -0.1) is 0 Å². The molecule has 2 aromatic carbocycles. The van der Waals surface area contributed by atoms with Crippen LogP contribution in [0.25, 0.3) is 5.65 Å². The highest BCUT2D eigenvalue weighted by Gasteiger charge is 2.24. The summed E-state index contributed by atoms with van der Waals surface area (Å²) in [5, 5.41) is 19.8. The van der Waals surface area contributed by atoms with Crippen molar-refractivity contribution in [2.24, 2.45) is 0 Å². The average molecular weight is 468 g/mol. The van der Waals surface area contributed by atoms with Gasteiger partial charge >= 0.3 is 0 Å². The Morgan fingerprint density at radius 1 is 1.12 bits per heavy atom. The van der Waals surface area contributed by atoms with Gasteiger partial charge < -0.3 is 15.7 Å². The van der Waals surface area contributed by atoms with Gasteiger partial charge in [-0.05, 0) is 41.7 Å². The number of aryl methyl sites for hydroxylation is 1. The summed E-state index contributed by atoms with van der Waals surface area (Å²) in [6, 6.07) is 12.1. The van der Waals surface area contributed by atoms with E-state index in [0.717, 1.165) is 18.1 Å². The molecular formula is C25H27F2N5O2. The third-order valence-corrected chi connectivity index (χ3v) is 5.67. The Labute approximate surface area is 195 Å². The molecule has 0 unspecified atom stereocenters. The number of nitrogens with zero attached hydrogens (tertiary/aromatic N) is 2. The van der Waals surface area contributed by atoms with E-state index in [2.05, 4.69) is 39.8 Å². The highest BCUT2D eigenvalue weighted by Crippen LogP contribution is 2.13. The molecular weight excluding hydrogens is 440 g/mol. The lowest BCUT2D eigenvalue weighted by Gasteiger charge is -2.25. The molecule has 0 spiro atoms. The first-order valence-electron chi connectivity index (χ1n) is 11.2. The molecule has 0 saturated heterocycles. The van der Waals surface area contributed by atoms with Crippen molar-refractivity contribution in [2.45, 2.75) is 38.5 Å². The van der Waals surface area contributed by atoms with Gasteiger partial charge in [-0.2, -0.15) is 0 Å². The maximum atomic E-state index is 13.7. The molecule has 0 bridgehead atoms. The quantitative estimate of drug-likeness (QED) is 0.288. The van der Waals surface area contributed by atoms with Crippen LogP contribution >= 0.6 is 0 Å². The second-order valence-electron chi connectivity index (χ2n) is 8.26. The van der Waals surface area contributed by atoms with Gasteiger partial charge in [0.05, 0.1) is 12.1 Å². The monoisotopic (exact) mass is 467 g/mol. The van der Waals surface area contributed by atoms with Crippen LogP contribution in [0.15, 0.2) is 60.9 Å². The molecule has 2 atom stereocenters. The van der Waals surface area contributed by atoms with Crippen LogP contribution in [0.5, 0.6) is 0 Å². The predicted molar refractivity (Wildman–Crippen MR) is 124 cm³/mol. The minimum Gasteiger partial charge on any atom is -0.390 e. The summed E-state index contributed by atoms with van der Waals surface area (Å²) in [5.41, 5.74) is 3.46. The number of aromatic amines is 1. The van der Waals surface area contributed by atoms with Crippen LogP contribution in [0.1, 0.15) is 34.1 Å². The third kappa shape index (κ3) is 5.86. The zero-order valence-electron chi connectivity index (χ0n) is 18.8. The van der Waals surface area contributed by atoms with Crippen molar-refractivity contribution < 1.29 is 18.7 Å². The molecule has 2 heterocycles. The van der Waals surface area contributed by atoms with Gasteiger partial charge in [0.1, 0.15) is 17.3 Å². The number of amides is 1. The maximum Gasteiger partial charge on any atom is 0.269 e. The number of aliphatic hydroxyl groups excluding tert-OH is 1. The minimum absolute atomic E-state index is 0.0480. The minimum atomic E-state index is -1.01.